The fourth-order valence-electron chi connectivity index (χ4n) is 3.72. The number of nitrogens with one attached hydrogen (secondary N) is 1. The van der Waals surface area contributed by atoms with Gasteiger partial charge in [-0.2, -0.15) is 0 Å². The minimum atomic E-state index is -2.52. The normalized spacial score (nSPS) is 30.1. The first-order chi connectivity index (χ1) is 10.9. The van der Waals surface area contributed by atoms with Gasteiger partial charge in [-0.15, -0.1) is 0 Å². The minimum Gasteiger partial charge on any atom is -0.391 e. The van der Waals surface area contributed by atoms with Gasteiger partial charge in [0, 0.05) is 38.2 Å². The Morgan fingerprint density at radius 2 is 2.13 bits per heavy atom. The van der Waals surface area contributed by atoms with Gasteiger partial charge in [-0.1, -0.05) is 0 Å². The summed E-state index contributed by atoms with van der Waals surface area (Å²) in [5.74, 6) is -2.41. The molecule has 2 aliphatic carbocycles. The zero-order valence-corrected chi connectivity index (χ0v) is 13.0. The summed E-state index contributed by atoms with van der Waals surface area (Å²) >= 11 is 0. The maximum atomic E-state index is 12.8. The Kier molecular flexibility index (Phi) is 4.66. The Bertz CT molecular complexity index is 527. The maximum absolute atomic E-state index is 12.8. The molecular formula is C16H23F2N3O2. The predicted molar refractivity (Wildman–Crippen MR) is 79.8 cm³/mol. The summed E-state index contributed by atoms with van der Waals surface area (Å²) < 4.78 is 27.5. The largest absolute Gasteiger partial charge is 0.391 e. The molecule has 7 heteroatoms. The highest BCUT2D eigenvalue weighted by atomic mass is 19.3. The molecule has 1 aromatic heterocycles. The number of rotatable bonds is 6. The molecule has 5 nitrogen and oxygen atoms in total. The summed E-state index contributed by atoms with van der Waals surface area (Å²) in [7, 11) is 0. The van der Waals surface area contributed by atoms with Gasteiger partial charge >= 0.3 is 0 Å². The van der Waals surface area contributed by atoms with Gasteiger partial charge in [0.05, 0.1) is 18.5 Å². The molecule has 23 heavy (non-hydrogen) atoms. The zero-order valence-electron chi connectivity index (χ0n) is 13.0. The van der Waals surface area contributed by atoms with E-state index < -0.39 is 12.0 Å². The summed E-state index contributed by atoms with van der Waals surface area (Å²) in [6.45, 7) is 0.778. The molecule has 2 saturated carbocycles. The van der Waals surface area contributed by atoms with Gasteiger partial charge in [-0.05, 0) is 31.1 Å². The molecule has 3 rings (SSSR count). The number of hydrogen-bond acceptors (Lipinski definition) is 3. The number of carbonyl (C=O) groups is 1. The van der Waals surface area contributed by atoms with E-state index in [0.717, 1.165) is 13.0 Å². The fraction of sp³-hybridized carbons (Fsp3) is 0.750. The zero-order chi connectivity index (χ0) is 16.4. The van der Waals surface area contributed by atoms with Crippen LogP contribution in [-0.4, -0.2) is 38.6 Å². The van der Waals surface area contributed by atoms with Crippen LogP contribution in [0.1, 0.15) is 38.5 Å². The van der Waals surface area contributed by atoms with Crippen LogP contribution in [0.15, 0.2) is 18.7 Å². The molecule has 128 valence electrons. The van der Waals surface area contributed by atoms with E-state index in [4.69, 9.17) is 0 Å². The van der Waals surface area contributed by atoms with Crippen LogP contribution in [0.25, 0.3) is 0 Å². The molecule has 0 spiro atoms. The fourth-order valence-corrected chi connectivity index (χ4v) is 3.72. The van der Waals surface area contributed by atoms with Crippen molar-refractivity contribution in [3.8, 4) is 0 Å². The van der Waals surface area contributed by atoms with Gasteiger partial charge in [-0.3, -0.25) is 4.79 Å². The summed E-state index contributed by atoms with van der Waals surface area (Å²) in [4.78, 5) is 15.9. The van der Waals surface area contributed by atoms with E-state index >= 15 is 0 Å². The molecule has 2 fully saturated rings. The number of imidazole rings is 1. The maximum Gasteiger partial charge on any atom is 0.248 e. The van der Waals surface area contributed by atoms with Crippen molar-refractivity contribution >= 4 is 5.91 Å². The van der Waals surface area contributed by atoms with Crippen molar-refractivity contribution in [2.24, 2.45) is 11.8 Å². The smallest absolute Gasteiger partial charge is 0.248 e. The number of hydrogen-bond donors (Lipinski definition) is 2. The molecule has 0 bridgehead atoms. The number of aromatic nitrogens is 2. The predicted octanol–water partition coefficient (Wildman–Crippen LogP) is 1.96. The Labute approximate surface area is 134 Å². The van der Waals surface area contributed by atoms with Crippen molar-refractivity contribution in [2.75, 3.05) is 0 Å². The van der Waals surface area contributed by atoms with Crippen molar-refractivity contribution in [1.29, 1.82) is 0 Å². The topological polar surface area (TPSA) is 67.2 Å². The highest BCUT2D eigenvalue weighted by molar-refractivity contribution is 5.76. The van der Waals surface area contributed by atoms with Crippen LogP contribution in [-0.2, 0) is 11.3 Å². The second-order valence-electron chi connectivity index (χ2n) is 7.01. The molecule has 2 N–H and O–H groups in total. The third-order valence-electron chi connectivity index (χ3n) is 4.96. The van der Waals surface area contributed by atoms with Gasteiger partial charge in [0.25, 0.3) is 0 Å². The Hall–Kier alpha value is -1.50. The summed E-state index contributed by atoms with van der Waals surface area (Å²) in [6, 6.07) is -0.237. The average molecular weight is 327 g/mol. The monoisotopic (exact) mass is 327 g/mol. The molecule has 0 aliphatic heterocycles. The van der Waals surface area contributed by atoms with E-state index in [1.165, 1.54) is 0 Å². The molecule has 2 aliphatic rings. The van der Waals surface area contributed by atoms with Crippen LogP contribution in [0.4, 0.5) is 8.78 Å². The number of aliphatic hydroxyl groups excluding tert-OH is 1. The third-order valence-corrected chi connectivity index (χ3v) is 4.96. The number of carbonyl (C=O) groups excluding carboxylic acids is 1. The van der Waals surface area contributed by atoms with Crippen molar-refractivity contribution in [3.63, 3.8) is 0 Å². The first-order valence-electron chi connectivity index (χ1n) is 8.22. The standard InChI is InChI=1S/C16H23F2N3O2/c17-16(18)7-11(8-16)1-2-15(23)20-13-5-12(6-14(13)22)9-21-4-3-19-10-21/h3-4,10-14,22H,1-2,5-9H2,(H,20,23)/t12?,13-,14-/m1/s1. The summed E-state index contributed by atoms with van der Waals surface area (Å²) in [6.07, 6.45) is 6.75. The van der Waals surface area contributed by atoms with Crippen molar-refractivity contribution in [3.05, 3.63) is 18.7 Å². The van der Waals surface area contributed by atoms with Crippen LogP contribution in [0.3, 0.4) is 0 Å². The Morgan fingerprint density at radius 1 is 1.35 bits per heavy atom. The first-order valence-corrected chi connectivity index (χ1v) is 8.22. The lowest BCUT2D eigenvalue weighted by Crippen LogP contribution is -2.41. The summed E-state index contributed by atoms with van der Waals surface area (Å²) in [5.41, 5.74) is 0. The average Bonchev–Trinajstić information content (AvgIpc) is 3.05. The molecule has 0 radical (unpaired) electrons. The van der Waals surface area contributed by atoms with Crippen molar-refractivity contribution in [2.45, 2.75) is 63.1 Å². The highest BCUT2D eigenvalue weighted by Crippen LogP contribution is 2.44. The van der Waals surface area contributed by atoms with Crippen molar-refractivity contribution in [1.82, 2.24) is 14.9 Å². The lowest BCUT2D eigenvalue weighted by molar-refractivity contribution is -0.127. The van der Waals surface area contributed by atoms with Crippen LogP contribution in [0.5, 0.6) is 0 Å². The van der Waals surface area contributed by atoms with Crippen LogP contribution in [0, 0.1) is 11.8 Å². The number of amides is 1. The highest BCUT2D eigenvalue weighted by Gasteiger charge is 2.44. The first kappa shape index (κ1) is 16.4. The second-order valence-corrected chi connectivity index (χ2v) is 7.01. The van der Waals surface area contributed by atoms with Gasteiger partial charge in [0.1, 0.15) is 0 Å². The van der Waals surface area contributed by atoms with Crippen molar-refractivity contribution < 1.29 is 18.7 Å². The van der Waals surface area contributed by atoms with Crippen LogP contribution in [0.2, 0.25) is 0 Å². The molecule has 3 atom stereocenters. The van der Waals surface area contributed by atoms with E-state index in [0.29, 0.717) is 18.8 Å². The lowest BCUT2D eigenvalue weighted by Gasteiger charge is -2.34. The van der Waals surface area contributed by atoms with E-state index in [-0.39, 0.29) is 37.1 Å². The number of aliphatic hydroxyl groups is 1. The Morgan fingerprint density at radius 3 is 2.78 bits per heavy atom. The van der Waals surface area contributed by atoms with Gasteiger partial charge in [0.15, 0.2) is 0 Å². The van der Waals surface area contributed by atoms with Gasteiger partial charge in [-0.25, -0.2) is 13.8 Å². The quantitative estimate of drug-likeness (QED) is 0.839. The lowest BCUT2D eigenvalue weighted by atomic mass is 9.78. The molecule has 0 saturated heterocycles. The van der Waals surface area contributed by atoms with E-state index in [2.05, 4.69) is 10.3 Å². The third kappa shape index (κ3) is 4.28. The number of nitrogens with zero attached hydrogens (tertiary/aromatic N) is 2. The SMILES string of the molecule is O=C(CCC1CC(F)(F)C1)N[C@@H]1CC(Cn2ccnc2)C[C@H]1O. The van der Waals surface area contributed by atoms with Gasteiger partial charge < -0.3 is 15.0 Å². The van der Waals surface area contributed by atoms with E-state index in [1.807, 2.05) is 10.8 Å². The molecule has 0 aromatic carbocycles. The molecule has 1 unspecified atom stereocenters. The van der Waals surface area contributed by atoms with E-state index in [1.54, 1.807) is 12.5 Å². The molecule has 1 amide bonds. The number of halogens is 2. The van der Waals surface area contributed by atoms with Crippen LogP contribution < -0.4 is 5.32 Å². The molecular weight excluding hydrogens is 304 g/mol. The molecule has 1 aromatic rings. The Balaban J connectivity index is 1.38. The van der Waals surface area contributed by atoms with Crippen LogP contribution >= 0.6 is 0 Å². The summed E-state index contributed by atoms with van der Waals surface area (Å²) in [5, 5.41) is 13.0. The van der Waals surface area contributed by atoms with E-state index in [9.17, 15) is 18.7 Å². The minimum absolute atomic E-state index is 0.0433. The van der Waals surface area contributed by atoms with Gasteiger partial charge in [0.2, 0.25) is 11.8 Å². The second kappa shape index (κ2) is 6.55. The number of alkyl halides is 2. The molecule has 1 heterocycles.